The van der Waals surface area contributed by atoms with Gasteiger partial charge in [-0.3, -0.25) is 4.90 Å². The van der Waals surface area contributed by atoms with E-state index >= 15 is 0 Å². The van der Waals surface area contributed by atoms with Crippen molar-refractivity contribution in [2.45, 2.75) is 24.9 Å². The van der Waals surface area contributed by atoms with E-state index in [4.69, 9.17) is 9.47 Å². The average Bonchev–Trinajstić information content (AvgIpc) is 3.53. The summed E-state index contributed by atoms with van der Waals surface area (Å²) in [6, 6.07) is 30.9. The predicted molar refractivity (Wildman–Crippen MR) is 162 cm³/mol. The number of ether oxygens (including phenoxy) is 2. The van der Waals surface area contributed by atoms with Gasteiger partial charge in [0.25, 0.3) is 0 Å². The summed E-state index contributed by atoms with van der Waals surface area (Å²) in [5, 5.41) is 11.1. The lowest BCUT2D eigenvalue weighted by Gasteiger charge is -2.25. The van der Waals surface area contributed by atoms with Gasteiger partial charge in [-0.25, -0.2) is 9.59 Å². The molecule has 0 radical (unpaired) electrons. The molecular weight excluding hydrogens is 528 g/mol. The Balaban J connectivity index is 1.20. The van der Waals surface area contributed by atoms with Crippen molar-refractivity contribution in [1.82, 2.24) is 9.47 Å². The molecule has 0 bridgehead atoms. The van der Waals surface area contributed by atoms with Crippen LogP contribution < -0.4 is 4.74 Å². The smallest absolute Gasteiger partial charge is 0.410 e. The van der Waals surface area contributed by atoms with E-state index in [1.165, 1.54) is 11.9 Å². The van der Waals surface area contributed by atoms with Gasteiger partial charge < -0.3 is 19.1 Å². The summed E-state index contributed by atoms with van der Waals surface area (Å²) in [5.74, 6) is -0.399. The van der Waals surface area contributed by atoms with Crippen molar-refractivity contribution < 1.29 is 24.2 Å². The summed E-state index contributed by atoms with van der Waals surface area (Å²) in [6.45, 7) is 0.745. The van der Waals surface area contributed by atoms with Crippen LogP contribution in [0.1, 0.15) is 28.2 Å². The number of carboxylic acids is 1. The molecule has 5 aromatic rings. The number of carbonyl (C=O) groups is 2. The normalized spacial score (nSPS) is 12.9. The Morgan fingerprint density at radius 1 is 0.881 bits per heavy atom. The number of aliphatic carboxylic acids is 1. The first-order valence-corrected chi connectivity index (χ1v) is 13.9. The van der Waals surface area contributed by atoms with Gasteiger partial charge in [-0.1, -0.05) is 78.9 Å². The molecule has 0 saturated carbocycles. The maximum Gasteiger partial charge on any atom is 0.410 e. The van der Waals surface area contributed by atoms with Crippen LogP contribution in [0.15, 0.2) is 103 Å². The molecule has 6 rings (SSSR count). The maximum atomic E-state index is 13.2. The summed E-state index contributed by atoms with van der Waals surface area (Å²) >= 11 is 0. The highest BCUT2D eigenvalue weighted by molar-refractivity contribution is 5.86. The molecule has 0 saturated heterocycles. The number of benzene rings is 4. The van der Waals surface area contributed by atoms with Gasteiger partial charge in [-0.15, -0.1) is 0 Å². The van der Waals surface area contributed by atoms with Crippen LogP contribution in [0, 0.1) is 0 Å². The van der Waals surface area contributed by atoms with Crippen molar-refractivity contribution in [2.75, 3.05) is 20.8 Å². The largest absolute Gasteiger partial charge is 0.497 e. The van der Waals surface area contributed by atoms with Crippen LogP contribution in [0.4, 0.5) is 4.79 Å². The van der Waals surface area contributed by atoms with Gasteiger partial charge in [-0.05, 0) is 51.6 Å². The number of aromatic nitrogens is 1. The zero-order valence-electron chi connectivity index (χ0n) is 23.6. The van der Waals surface area contributed by atoms with Gasteiger partial charge in [0.05, 0.1) is 7.11 Å². The van der Waals surface area contributed by atoms with Crippen LogP contribution in [0.5, 0.6) is 5.75 Å². The number of methoxy groups -OCH3 is 1. The predicted octanol–water partition coefficient (Wildman–Crippen LogP) is 6.57. The number of nitrogens with zero attached hydrogens (tertiary/aromatic N) is 2. The van der Waals surface area contributed by atoms with Gasteiger partial charge in [0.15, 0.2) is 0 Å². The Morgan fingerprint density at radius 3 is 2.14 bits per heavy atom. The molecular formula is C35H32N2O5. The monoisotopic (exact) mass is 560 g/mol. The molecule has 42 heavy (non-hydrogen) atoms. The molecule has 1 amide bonds. The molecule has 7 nitrogen and oxygen atoms in total. The number of fused-ring (bicyclic) bond motifs is 4. The molecule has 212 valence electrons. The topological polar surface area (TPSA) is 81.0 Å². The second-order valence-corrected chi connectivity index (χ2v) is 10.6. The third kappa shape index (κ3) is 5.09. The Hall–Kier alpha value is -5.04. The highest BCUT2D eigenvalue weighted by Gasteiger charge is 2.32. The van der Waals surface area contributed by atoms with E-state index in [0.717, 1.165) is 50.0 Å². The fraction of sp³-hybridized carbons (Fsp3) is 0.200. The molecule has 0 fully saturated rings. The van der Waals surface area contributed by atoms with E-state index in [1.54, 1.807) is 7.11 Å². The van der Waals surface area contributed by atoms with Crippen LogP contribution >= 0.6 is 0 Å². The zero-order chi connectivity index (χ0) is 29.2. The maximum absolute atomic E-state index is 13.2. The van der Waals surface area contributed by atoms with Crippen molar-refractivity contribution in [3.8, 4) is 16.9 Å². The Labute approximate surface area is 244 Å². The third-order valence-corrected chi connectivity index (χ3v) is 8.17. The molecule has 1 aliphatic rings. The van der Waals surface area contributed by atoms with E-state index in [0.29, 0.717) is 6.54 Å². The molecule has 0 spiro atoms. The molecule has 1 aromatic heterocycles. The van der Waals surface area contributed by atoms with Crippen molar-refractivity contribution in [2.24, 2.45) is 0 Å². The average molecular weight is 561 g/mol. The minimum atomic E-state index is -1.10. The quantitative estimate of drug-likeness (QED) is 0.220. The lowest BCUT2D eigenvalue weighted by Crippen LogP contribution is -2.44. The first kappa shape index (κ1) is 27.1. The summed E-state index contributed by atoms with van der Waals surface area (Å²) in [7, 11) is 3.13. The van der Waals surface area contributed by atoms with E-state index < -0.39 is 18.1 Å². The molecule has 1 N–H and O–H groups in total. The van der Waals surface area contributed by atoms with Gasteiger partial charge in [-0.2, -0.15) is 0 Å². The minimum Gasteiger partial charge on any atom is -0.497 e. The summed E-state index contributed by atoms with van der Waals surface area (Å²) in [6.07, 6.45) is 1.47. The number of para-hydroxylation sites is 1. The van der Waals surface area contributed by atoms with E-state index in [9.17, 15) is 14.7 Å². The van der Waals surface area contributed by atoms with Gasteiger partial charge in [0, 0.05) is 43.0 Å². The second kappa shape index (κ2) is 11.4. The van der Waals surface area contributed by atoms with Crippen LogP contribution in [0.2, 0.25) is 0 Å². The lowest BCUT2D eigenvalue weighted by molar-refractivity contribution is -0.142. The summed E-state index contributed by atoms with van der Waals surface area (Å²) in [4.78, 5) is 26.9. The Morgan fingerprint density at radius 2 is 1.50 bits per heavy atom. The second-order valence-electron chi connectivity index (χ2n) is 10.6. The number of likely N-dealkylation sites (N-methyl/N-ethyl adjacent to an activating group) is 1. The van der Waals surface area contributed by atoms with Crippen molar-refractivity contribution >= 4 is 23.0 Å². The van der Waals surface area contributed by atoms with E-state index in [-0.39, 0.29) is 18.9 Å². The molecule has 1 aliphatic carbocycles. The number of carbonyl (C=O) groups excluding carboxylic acids is 1. The number of rotatable bonds is 9. The number of amides is 1. The molecule has 0 unspecified atom stereocenters. The van der Waals surface area contributed by atoms with E-state index in [2.05, 4.69) is 28.8 Å². The zero-order valence-corrected chi connectivity index (χ0v) is 23.6. The molecule has 1 atom stereocenters. The first-order chi connectivity index (χ1) is 20.4. The molecule has 7 heteroatoms. The van der Waals surface area contributed by atoms with Crippen LogP contribution in [0.3, 0.4) is 0 Å². The van der Waals surface area contributed by atoms with Crippen molar-refractivity contribution in [3.05, 3.63) is 126 Å². The number of hydrogen-bond donors (Lipinski definition) is 1. The minimum absolute atomic E-state index is 0.103. The van der Waals surface area contributed by atoms with Crippen LogP contribution in [-0.2, 0) is 22.5 Å². The molecule has 1 heterocycles. The van der Waals surface area contributed by atoms with Gasteiger partial charge >= 0.3 is 12.1 Å². The fourth-order valence-electron chi connectivity index (χ4n) is 5.97. The third-order valence-electron chi connectivity index (χ3n) is 8.17. The standard InChI is InChI=1S/C35H32N2O5/c1-36(35(40)42-22-31-29-12-5-3-10-27(29)28-11-4-6-13-30(28)31)33(34(38)39)19-24-21-37(32-14-8-7-9-26(24)32)20-23-15-17-25(41-2)18-16-23/h3-18,21,31,33H,19-20,22H2,1-2H3,(H,38,39)/t33-/m0/s1. The Bertz CT molecular complexity index is 1710. The summed E-state index contributed by atoms with van der Waals surface area (Å²) < 4.78 is 13.2. The van der Waals surface area contributed by atoms with E-state index in [1.807, 2.05) is 79.0 Å². The van der Waals surface area contributed by atoms with Crippen molar-refractivity contribution in [1.29, 1.82) is 0 Å². The van der Waals surface area contributed by atoms with Gasteiger partial charge in [0.1, 0.15) is 18.4 Å². The van der Waals surface area contributed by atoms with Crippen molar-refractivity contribution in [3.63, 3.8) is 0 Å². The van der Waals surface area contributed by atoms with Crippen LogP contribution in [-0.4, -0.2) is 53.4 Å². The highest BCUT2D eigenvalue weighted by atomic mass is 16.6. The molecule has 0 aliphatic heterocycles. The highest BCUT2D eigenvalue weighted by Crippen LogP contribution is 2.44. The fourth-order valence-corrected chi connectivity index (χ4v) is 5.97. The van der Waals surface area contributed by atoms with Crippen LogP contribution in [0.25, 0.3) is 22.0 Å². The number of hydrogen-bond acceptors (Lipinski definition) is 4. The SMILES string of the molecule is COc1ccc(Cn2cc(C[C@@H](C(=O)O)N(C)C(=O)OCC3c4ccccc4-c4ccccc43)c3ccccc32)cc1. The summed E-state index contributed by atoms with van der Waals surface area (Å²) in [5.41, 5.74) is 7.42. The first-order valence-electron chi connectivity index (χ1n) is 13.9. The molecule has 4 aromatic carbocycles. The Kier molecular flexibility index (Phi) is 7.40. The lowest BCUT2D eigenvalue weighted by atomic mass is 9.98. The number of carboxylic acid groups (broad SMARTS) is 1. The van der Waals surface area contributed by atoms with Gasteiger partial charge in [0.2, 0.25) is 0 Å².